The van der Waals surface area contributed by atoms with Gasteiger partial charge in [-0.25, -0.2) is 9.78 Å². The quantitative estimate of drug-likeness (QED) is 0.868. The minimum Gasteiger partial charge on any atom is -0.478 e. The molecule has 6 heteroatoms. The van der Waals surface area contributed by atoms with Crippen LogP contribution in [0.15, 0.2) is 30.5 Å². The van der Waals surface area contributed by atoms with Gasteiger partial charge in [-0.2, -0.15) is 0 Å². The van der Waals surface area contributed by atoms with Crippen molar-refractivity contribution in [2.24, 2.45) is 0 Å². The van der Waals surface area contributed by atoms with E-state index in [2.05, 4.69) is 10.3 Å². The highest BCUT2D eigenvalue weighted by molar-refractivity contribution is 6.07. The Kier molecular flexibility index (Phi) is 3.21. The molecule has 1 aliphatic heterocycles. The average molecular weight is 285 g/mol. The fourth-order valence-corrected chi connectivity index (χ4v) is 2.65. The highest BCUT2D eigenvalue weighted by atomic mass is 16.4. The molecule has 3 rings (SSSR count). The summed E-state index contributed by atoms with van der Waals surface area (Å²) in [7, 11) is 0. The van der Waals surface area contributed by atoms with Crippen LogP contribution < -0.4 is 10.2 Å². The van der Waals surface area contributed by atoms with Crippen LogP contribution in [0, 0.1) is 0 Å². The maximum Gasteiger partial charge on any atom is 0.337 e. The van der Waals surface area contributed by atoms with Crippen LogP contribution >= 0.6 is 0 Å². The van der Waals surface area contributed by atoms with Crippen LogP contribution in [0.4, 0.5) is 5.82 Å². The lowest BCUT2D eigenvalue weighted by molar-refractivity contribution is -0.122. The fraction of sp³-hybridized carbons (Fsp3) is 0.267. The molecule has 1 saturated heterocycles. The molecule has 1 amide bonds. The highest BCUT2D eigenvalue weighted by Crippen LogP contribution is 2.28. The van der Waals surface area contributed by atoms with E-state index in [1.165, 1.54) is 6.20 Å². The molecule has 0 bridgehead atoms. The van der Waals surface area contributed by atoms with Crippen molar-refractivity contribution in [2.75, 3.05) is 18.0 Å². The maximum atomic E-state index is 11.8. The number of hydrogen-bond donors (Lipinski definition) is 2. The van der Waals surface area contributed by atoms with Gasteiger partial charge in [0.2, 0.25) is 5.91 Å². The van der Waals surface area contributed by atoms with Gasteiger partial charge in [0.15, 0.2) is 0 Å². The third-order valence-electron chi connectivity index (χ3n) is 3.78. The summed E-state index contributed by atoms with van der Waals surface area (Å²) in [5.74, 6) is -0.401. The fourth-order valence-electron chi connectivity index (χ4n) is 2.65. The van der Waals surface area contributed by atoms with Gasteiger partial charge in [-0.3, -0.25) is 4.79 Å². The molecule has 0 saturated carbocycles. The normalized spacial score (nSPS) is 18.6. The minimum absolute atomic E-state index is 0.0468. The topological polar surface area (TPSA) is 82.5 Å². The van der Waals surface area contributed by atoms with Crippen LogP contribution in [-0.2, 0) is 4.79 Å². The number of carboxylic acid groups (broad SMARTS) is 1. The molecular formula is C15H15N3O3. The lowest BCUT2D eigenvalue weighted by Gasteiger charge is -2.34. The zero-order chi connectivity index (χ0) is 15.0. The standard InChI is InChI=1S/C15H15N3O3/c1-9-14(19)16-6-7-18(9)13-11-5-3-2-4-10(11)12(8-17-13)15(20)21/h2-5,8-9H,6-7H2,1H3,(H,16,19)(H,20,21). The number of aromatic carboxylic acids is 1. The van der Waals surface area contributed by atoms with E-state index in [9.17, 15) is 14.7 Å². The largest absolute Gasteiger partial charge is 0.478 e. The van der Waals surface area contributed by atoms with E-state index < -0.39 is 5.97 Å². The van der Waals surface area contributed by atoms with Crippen molar-refractivity contribution in [3.63, 3.8) is 0 Å². The molecule has 2 heterocycles. The Balaban J connectivity index is 2.18. The molecule has 1 aromatic carbocycles. The molecule has 108 valence electrons. The van der Waals surface area contributed by atoms with Gasteiger partial charge in [0.25, 0.3) is 0 Å². The number of amides is 1. The number of carboxylic acids is 1. The van der Waals surface area contributed by atoms with Crippen molar-refractivity contribution >= 4 is 28.5 Å². The van der Waals surface area contributed by atoms with Crippen molar-refractivity contribution in [3.8, 4) is 0 Å². The Morgan fingerprint density at radius 3 is 2.81 bits per heavy atom. The first-order valence-electron chi connectivity index (χ1n) is 6.75. The van der Waals surface area contributed by atoms with E-state index in [0.29, 0.717) is 24.3 Å². The molecule has 21 heavy (non-hydrogen) atoms. The summed E-state index contributed by atoms with van der Waals surface area (Å²) in [6, 6.07) is 6.91. The van der Waals surface area contributed by atoms with E-state index in [1.54, 1.807) is 12.1 Å². The van der Waals surface area contributed by atoms with Crippen LogP contribution in [0.25, 0.3) is 10.8 Å². The molecule has 1 aliphatic rings. The molecule has 1 fully saturated rings. The average Bonchev–Trinajstić information content (AvgIpc) is 2.49. The number of aromatic nitrogens is 1. The monoisotopic (exact) mass is 285 g/mol. The van der Waals surface area contributed by atoms with Crippen molar-refractivity contribution < 1.29 is 14.7 Å². The Hall–Kier alpha value is -2.63. The van der Waals surface area contributed by atoms with Crippen LogP contribution in [0.2, 0.25) is 0 Å². The first kappa shape index (κ1) is 13.4. The Bertz CT molecular complexity index is 729. The minimum atomic E-state index is -1.00. The van der Waals surface area contributed by atoms with Crippen LogP contribution in [0.1, 0.15) is 17.3 Å². The predicted molar refractivity (Wildman–Crippen MR) is 78.5 cm³/mol. The van der Waals surface area contributed by atoms with E-state index in [4.69, 9.17) is 0 Å². The molecule has 2 aromatic rings. The van der Waals surface area contributed by atoms with Crippen molar-refractivity contribution in [1.82, 2.24) is 10.3 Å². The number of hydrogen-bond acceptors (Lipinski definition) is 4. The third kappa shape index (κ3) is 2.18. The predicted octanol–water partition coefficient (Wildman–Crippen LogP) is 1.26. The molecule has 1 aromatic heterocycles. The van der Waals surface area contributed by atoms with E-state index in [0.717, 1.165) is 5.39 Å². The number of nitrogens with zero attached hydrogens (tertiary/aromatic N) is 2. The summed E-state index contributed by atoms with van der Waals surface area (Å²) in [6.45, 7) is 3.02. The summed E-state index contributed by atoms with van der Waals surface area (Å²) >= 11 is 0. The van der Waals surface area contributed by atoms with Gasteiger partial charge in [-0.1, -0.05) is 24.3 Å². The second-order valence-corrected chi connectivity index (χ2v) is 5.01. The van der Waals surface area contributed by atoms with Gasteiger partial charge < -0.3 is 15.3 Å². The van der Waals surface area contributed by atoms with Gasteiger partial charge in [0.1, 0.15) is 11.9 Å². The summed E-state index contributed by atoms with van der Waals surface area (Å²) in [4.78, 5) is 29.3. The lowest BCUT2D eigenvalue weighted by atomic mass is 10.1. The van der Waals surface area contributed by atoms with Crippen molar-refractivity contribution in [2.45, 2.75) is 13.0 Å². The van der Waals surface area contributed by atoms with Gasteiger partial charge in [0.05, 0.1) is 5.56 Å². The summed E-state index contributed by atoms with van der Waals surface area (Å²) in [5, 5.41) is 13.4. The van der Waals surface area contributed by atoms with Crippen molar-refractivity contribution in [3.05, 3.63) is 36.0 Å². The van der Waals surface area contributed by atoms with E-state index in [-0.39, 0.29) is 17.5 Å². The number of rotatable bonds is 2. The van der Waals surface area contributed by atoms with Crippen LogP contribution in [0.5, 0.6) is 0 Å². The highest BCUT2D eigenvalue weighted by Gasteiger charge is 2.28. The molecule has 0 radical (unpaired) electrons. The zero-order valence-electron chi connectivity index (χ0n) is 11.5. The number of carbonyl (C=O) groups excluding carboxylic acids is 1. The number of nitrogens with one attached hydrogen (secondary N) is 1. The molecule has 6 nitrogen and oxygen atoms in total. The summed E-state index contributed by atoms with van der Waals surface area (Å²) in [5.41, 5.74) is 0.170. The number of carbonyl (C=O) groups is 2. The van der Waals surface area contributed by atoms with Gasteiger partial charge >= 0.3 is 5.97 Å². The number of fused-ring (bicyclic) bond motifs is 1. The molecule has 0 spiro atoms. The first-order valence-corrected chi connectivity index (χ1v) is 6.75. The Morgan fingerprint density at radius 2 is 2.10 bits per heavy atom. The molecular weight excluding hydrogens is 270 g/mol. The smallest absolute Gasteiger partial charge is 0.337 e. The SMILES string of the molecule is CC1C(=O)NCCN1c1ncc(C(=O)O)c2ccccc12. The first-order chi connectivity index (χ1) is 10.1. The second kappa shape index (κ2) is 5.05. The molecule has 0 aliphatic carbocycles. The second-order valence-electron chi connectivity index (χ2n) is 5.01. The van der Waals surface area contributed by atoms with Crippen LogP contribution in [0.3, 0.4) is 0 Å². The number of piperazine rings is 1. The maximum absolute atomic E-state index is 11.8. The molecule has 1 atom stereocenters. The lowest BCUT2D eigenvalue weighted by Crippen LogP contribution is -2.54. The van der Waals surface area contributed by atoms with E-state index in [1.807, 2.05) is 24.0 Å². The summed E-state index contributed by atoms with van der Waals surface area (Å²) in [6.07, 6.45) is 1.36. The Morgan fingerprint density at radius 1 is 1.38 bits per heavy atom. The van der Waals surface area contributed by atoms with Gasteiger partial charge in [0, 0.05) is 30.1 Å². The van der Waals surface area contributed by atoms with E-state index >= 15 is 0 Å². The summed E-state index contributed by atoms with van der Waals surface area (Å²) < 4.78 is 0. The third-order valence-corrected chi connectivity index (χ3v) is 3.78. The number of pyridine rings is 1. The molecule has 2 N–H and O–H groups in total. The van der Waals surface area contributed by atoms with Gasteiger partial charge in [-0.05, 0) is 6.92 Å². The number of anilines is 1. The Labute approximate surface area is 121 Å². The zero-order valence-corrected chi connectivity index (χ0v) is 11.5. The number of benzene rings is 1. The van der Waals surface area contributed by atoms with Crippen molar-refractivity contribution in [1.29, 1.82) is 0 Å². The van der Waals surface area contributed by atoms with Gasteiger partial charge in [-0.15, -0.1) is 0 Å². The molecule has 1 unspecified atom stereocenters. The van der Waals surface area contributed by atoms with Crippen LogP contribution in [-0.4, -0.2) is 41.1 Å².